The maximum Gasteiger partial charge on any atom is 0.272 e. The number of aromatic nitrogens is 2. The van der Waals surface area contributed by atoms with Gasteiger partial charge in [-0.2, -0.15) is 5.10 Å². The predicted molar refractivity (Wildman–Crippen MR) is 215 cm³/mol. The van der Waals surface area contributed by atoms with E-state index in [-0.39, 0.29) is 5.91 Å². The van der Waals surface area contributed by atoms with Crippen LogP contribution in [0.25, 0.3) is 10.9 Å². The normalized spacial score (nSPS) is 11.6. The lowest BCUT2D eigenvalue weighted by molar-refractivity contribution is 0.0948. The first-order valence-corrected chi connectivity index (χ1v) is 20.5. The number of carbonyl (C=O) groups is 1. The SMILES string of the molecule is O=C(NCCCCCCCCCC[P+](c1ccccc1)(c1ccccc1)c1ccccc1)c1nn(Cc2ccc(Cl)cc2Cl)c2ccccc12. The molecule has 4 nitrogen and oxygen atoms in total. The maximum absolute atomic E-state index is 13.2. The Morgan fingerprint density at radius 3 is 1.72 bits per heavy atom. The molecule has 1 aromatic heterocycles. The lowest BCUT2D eigenvalue weighted by atomic mass is 10.1. The predicted octanol–water partition coefficient (Wildman–Crippen LogP) is 10.2. The quantitative estimate of drug-likeness (QED) is 0.0753. The fourth-order valence-electron chi connectivity index (χ4n) is 6.93. The Balaban J connectivity index is 0.945. The molecule has 0 bridgehead atoms. The standard InChI is InChI=1S/C43H44Cl2N3OP/c44-35-29-28-34(40(45)32-35)33-48-41-27-17-16-26-39(41)42(47-48)43(49)46-30-18-5-3-1-2-4-6-19-31-50(36-20-10-7-11-21-36,37-22-12-8-13-23-37)38-24-14-9-15-25-38/h7-17,20-29,32H,1-6,18-19,30-31,33H2/p+1. The lowest BCUT2D eigenvalue weighted by Gasteiger charge is -2.27. The van der Waals surface area contributed by atoms with Crippen LogP contribution in [-0.4, -0.2) is 28.4 Å². The molecule has 1 amide bonds. The topological polar surface area (TPSA) is 46.9 Å². The summed E-state index contributed by atoms with van der Waals surface area (Å²) in [5, 5.41) is 14.2. The number of nitrogens with zero attached hydrogens (tertiary/aromatic N) is 2. The molecule has 0 radical (unpaired) electrons. The van der Waals surface area contributed by atoms with Crippen LogP contribution < -0.4 is 21.2 Å². The Bertz CT molecular complexity index is 1870. The summed E-state index contributed by atoms with van der Waals surface area (Å²) >= 11 is 12.5. The number of hydrogen-bond donors (Lipinski definition) is 1. The van der Waals surface area contributed by atoms with Gasteiger partial charge in [0, 0.05) is 22.0 Å². The van der Waals surface area contributed by atoms with Gasteiger partial charge in [-0.15, -0.1) is 0 Å². The first-order valence-electron chi connectivity index (χ1n) is 17.8. The number of carbonyl (C=O) groups excluding carboxylic acids is 1. The number of amides is 1. The van der Waals surface area contributed by atoms with Crippen LogP contribution in [0.2, 0.25) is 10.0 Å². The number of nitrogens with one attached hydrogen (secondary N) is 1. The van der Waals surface area contributed by atoms with E-state index in [4.69, 9.17) is 28.3 Å². The third-order valence-electron chi connectivity index (χ3n) is 9.51. The Morgan fingerprint density at radius 1 is 0.620 bits per heavy atom. The van der Waals surface area contributed by atoms with E-state index in [1.165, 1.54) is 60.6 Å². The molecule has 1 N–H and O–H groups in total. The third-order valence-corrected chi connectivity index (χ3v) is 14.6. The van der Waals surface area contributed by atoms with Gasteiger partial charge in [0.15, 0.2) is 5.69 Å². The Morgan fingerprint density at radius 2 is 1.14 bits per heavy atom. The molecular formula is C43H45Cl2N3OP+. The average Bonchev–Trinajstić information content (AvgIpc) is 3.53. The molecule has 0 saturated carbocycles. The Hall–Kier alpha value is -3.95. The van der Waals surface area contributed by atoms with E-state index in [1.807, 2.05) is 41.1 Å². The molecule has 5 aromatic carbocycles. The second-order valence-corrected chi connectivity index (χ2v) is 17.3. The highest BCUT2D eigenvalue weighted by Gasteiger charge is 2.44. The van der Waals surface area contributed by atoms with Gasteiger partial charge in [0.25, 0.3) is 5.91 Å². The van der Waals surface area contributed by atoms with Crippen molar-refractivity contribution in [1.82, 2.24) is 15.1 Å². The van der Waals surface area contributed by atoms with E-state index in [1.54, 1.807) is 6.07 Å². The highest BCUT2D eigenvalue weighted by molar-refractivity contribution is 7.95. The van der Waals surface area contributed by atoms with Crippen LogP contribution in [0, 0.1) is 0 Å². The van der Waals surface area contributed by atoms with Gasteiger partial charge in [0.1, 0.15) is 23.2 Å². The summed E-state index contributed by atoms with van der Waals surface area (Å²) in [7, 11) is -1.74. The molecule has 50 heavy (non-hydrogen) atoms. The van der Waals surface area contributed by atoms with E-state index in [0.717, 1.165) is 29.3 Å². The van der Waals surface area contributed by atoms with Crippen molar-refractivity contribution in [2.24, 2.45) is 0 Å². The van der Waals surface area contributed by atoms with Gasteiger partial charge < -0.3 is 5.32 Å². The lowest BCUT2D eigenvalue weighted by Crippen LogP contribution is -2.33. The molecule has 0 fully saturated rings. The minimum Gasteiger partial charge on any atom is -0.351 e. The number of halogens is 2. The van der Waals surface area contributed by atoms with Crippen LogP contribution in [0.4, 0.5) is 0 Å². The van der Waals surface area contributed by atoms with Crippen molar-refractivity contribution in [3.63, 3.8) is 0 Å². The third kappa shape index (κ3) is 8.67. The number of rotatable bonds is 17. The second kappa shape index (κ2) is 17.8. The first kappa shape index (κ1) is 35.9. The molecule has 6 aromatic rings. The fraction of sp³-hybridized carbons (Fsp3) is 0.256. The van der Waals surface area contributed by atoms with Gasteiger partial charge in [-0.3, -0.25) is 9.48 Å². The van der Waals surface area contributed by atoms with Crippen LogP contribution >= 0.6 is 30.5 Å². The first-order chi connectivity index (χ1) is 24.6. The van der Waals surface area contributed by atoms with E-state index in [2.05, 4.69) is 96.3 Å². The molecule has 256 valence electrons. The number of para-hydroxylation sites is 1. The van der Waals surface area contributed by atoms with Crippen LogP contribution in [0.3, 0.4) is 0 Å². The van der Waals surface area contributed by atoms with Crippen molar-refractivity contribution >= 4 is 63.2 Å². The molecule has 0 unspecified atom stereocenters. The van der Waals surface area contributed by atoms with Crippen molar-refractivity contribution in [2.45, 2.75) is 57.9 Å². The van der Waals surface area contributed by atoms with Gasteiger partial charge in [-0.05, 0) is 79.4 Å². The summed E-state index contributed by atoms with van der Waals surface area (Å²) in [5.41, 5.74) is 2.25. The van der Waals surface area contributed by atoms with E-state index >= 15 is 0 Å². The molecule has 0 aliphatic carbocycles. The van der Waals surface area contributed by atoms with Gasteiger partial charge >= 0.3 is 0 Å². The van der Waals surface area contributed by atoms with Crippen LogP contribution in [-0.2, 0) is 6.54 Å². The zero-order valence-electron chi connectivity index (χ0n) is 28.5. The molecule has 0 spiro atoms. The number of fused-ring (bicyclic) bond motifs is 1. The zero-order valence-corrected chi connectivity index (χ0v) is 30.9. The van der Waals surface area contributed by atoms with Crippen LogP contribution in [0.15, 0.2) is 133 Å². The van der Waals surface area contributed by atoms with Gasteiger partial charge in [0.05, 0.1) is 18.2 Å². The zero-order chi connectivity index (χ0) is 34.6. The molecule has 0 aliphatic heterocycles. The summed E-state index contributed by atoms with van der Waals surface area (Å²) in [6, 6.07) is 46.8. The van der Waals surface area contributed by atoms with Crippen molar-refractivity contribution in [3.05, 3.63) is 155 Å². The number of benzene rings is 5. The van der Waals surface area contributed by atoms with Crippen LogP contribution in [0.1, 0.15) is 67.4 Å². The summed E-state index contributed by atoms with van der Waals surface area (Å²) in [6.07, 6.45) is 10.6. The van der Waals surface area contributed by atoms with Gasteiger partial charge in [-0.25, -0.2) is 0 Å². The monoisotopic (exact) mass is 720 g/mol. The van der Waals surface area contributed by atoms with Crippen molar-refractivity contribution in [3.8, 4) is 0 Å². The second-order valence-electron chi connectivity index (χ2n) is 12.9. The highest BCUT2D eigenvalue weighted by atomic mass is 35.5. The number of unbranched alkanes of at least 4 members (excludes halogenated alkanes) is 7. The maximum atomic E-state index is 13.2. The van der Waals surface area contributed by atoms with Gasteiger partial charge in [-0.1, -0.05) is 134 Å². The summed E-state index contributed by atoms with van der Waals surface area (Å²) < 4.78 is 1.84. The Kier molecular flexibility index (Phi) is 12.8. The smallest absolute Gasteiger partial charge is 0.272 e. The van der Waals surface area contributed by atoms with Crippen LogP contribution in [0.5, 0.6) is 0 Å². The van der Waals surface area contributed by atoms with E-state index < -0.39 is 7.26 Å². The fourth-order valence-corrected chi connectivity index (χ4v) is 11.8. The minimum absolute atomic E-state index is 0.137. The molecular weight excluding hydrogens is 676 g/mol. The number of hydrogen-bond acceptors (Lipinski definition) is 2. The molecule has 7 heteroatoms. The minimum atomic E-state index is -1.74. The van der Waals surface area contributed by atoms with E-state index in [0.29, 0.717) is 28.8 Å². The van der Waals surface area contributed by atoms with Gasteiger partial charge in [0.2, 0.25) is 0 Å². The molecule has 0 atom stereocenters. The summed E-state index contributed by atoms with van der Waals surface area (Å²) in [5.74, 6) is -0.137. The largest absolute Gasteiger partial charge is 0.351 e. The van der Waals surface area contributed by atoms with Crippen molar-refractivity contribution in [1.29, 1.82) is 0 Å². The molecule has 0 saturated heterocycles. The summed E-state index contributed by atoms with van der Waals surface area (Å²) in [6.45, 7) is 1.10. The Labute approximate surface area is 307 Å². The summed E-state index contributed by atoms with van der Waals surface area (Å²) in [4.78, 5) is 13.2. The van der Waals surface area contributed by atoms with Crippen molar-refractivity contribution < 1.29 is 4.79 Å². The molecule has 1 heterocycles. The highest BCUT2D eigenvalue weighted by Crippen LogP contribution is 2.56. The molecule has 0 aliphatic rings. The van der Waals surface area contributed by atoms with E-state index in [9.17, 15) is 4.79 Å². The van der Waals surface area contributed by atoms with Crippen molar-refractivity contribution in [2.75, 3.05) is 12.7 Å². The average molecular weight is 722 g/mol. The molecule has 6 rings (SSSR count).